The first-order chi connectivity index (χ1) is 20.6. The highest BCUT2D eigenvalue weighted by Crippen LogP contribution is 2.30. The minimum Gasteiger partial charge on any atom is -0.436 e. The van der Waals surface area contributed by atoms with E-state index in [4.69, 9.17) is 8.83 Å². The standard InChI is InChI=1S/C36H26N4O2/c1-23-7-3-13-31-33(23)39-35(41-31)27-9-5-11-29(19-27)37-21-25-15-17-26(18-16-25)22-38-30-12-6-10-28(20-30)36-40-34-24(2)8-4-14-32(34)42-36/h3-22H,1-2H3. The van der Waals surface area contributed by atoms with Gasteiger partial charge in [0.05, 0.1) is 11.4 Å². The molecular weight excluding hydrogens is 520 g/mol. The summed E-state index contributed by atoms with van der Waals surface area (Å²) in [7, 11) is 0. The molecule has 5 aromatic carbocycles. The molecule has 0 saturated heterocycles. The predicted molar refractivity (Wildman–Crippen MR) is 169 cm³/mol. The molecule has 7 aromatic rings. The number of hydrogen-bond acceptors (Lipinski definition) is 6. The minimum atomic E-state index is 0.592. The molecule has 0 amide bonds. The molecule has 42 heavy (non-hydrogen) atoms. The molecule has 0 aliphatic carbocycles. The van der Waals surface area contributed by atoms with Gasteiger partial charge in [0, 0.05) is 23.6 Å². The van der Waals surface area contributed by atoms with Gasteiger partial charge in [-0.15, -0.1) is 0 Å². The van der Waals surface area contributed by atoms with Gasteiger partial charge in [-0.1, -0.05) is 60.7 Å². The zero-order valence-electron chi connectivity index (χ0n) is 23.2. The predicted octanol–water partition coefficient (Wildman–Crippen LogP) is 9.42. The molecule has 0 radical (unpaired) electrons. The van der Waals surface area contributed by atoms with E-state index in [-0.39, 0.29) is 0 Å². The van der Waals surface area contributed by atoms with Crippen LogP contribution in [0.5, 0.6) is 0 Å². The average Bonchev–Trinajstić information content (AvgIpc) is 3.67. The van der Waals surface area contributed by atoms with E-state index in [0.717, 1.165) is 67.0 Å². The normalized spacial score (nSPS) is 11.9. The fraction of sp³-hybridized carbons (Fsp3) is 0.0556. The maximum absolute atomic E-state index is 5.98. The number of benzene rings is 5. The number of aromatic nitrogens is 2. The third kappa shape index (κ3) is 5.13. The first-order valence-electron chi connectivity index (χ1n) is 13.7. The van der Waals surface area contributed by atoms with E-state index in [1.54, 1.807) is 0 Å². The third-order valence-electron chi connectivity index (χ3n) is 7.09. The molecule has 2 heterocycles. The van der Waals surface area contributed by atoms with Crippen molar-refractivity contribution in [3.05, 3.63) is 131 Å². The molecule has 0 bridgehead atoms. The summed E-state index contributed by atoms with van der Waals surface area (Å²) in [5.41, 5.74) is 10.9. The van der Waals surface area contributed by atoms with Crippen molar-refractivity contribution in [1.82, 2.24) is 9.97 Å². The monoisotopic (exact) mass is 546 g/mol. The van der Waals surface area contributed by atoms with Crippen LogP contribution in [0.15, 0.2) is 128 Å². The number of rotatable bonds is 6. The molecule has 0 aliphatic heterocycles. The molecule has 0 spiro atoms. The van der Waals surface area contributed by atoms with Crippen LogP contribution in [0.4, 0.5) is 11.4 Å². The third-order valence-corrected chi connectivity index (χ3v) is 7.09. The van der Waals surface area contributed by atoms with E-state index < -0.39 is 0 Å². The lowest BCUT2D eigenvalue weighted by Crippen LogP contribution is -1.85. The first kappa shape index (κ1) is 25.4. The highest BCUT2D eigenvalue weighted by molar-refractivity contribution is 5.87. The van der Waals surface area contributed by atoms with E-state index in [2.05, 4.69) is 20.0 Å². The molecule has 0 atom stereocenters. The van der Waals surface area contributed by atoms with Crippen molar-refractivity contribution in [3.8, 4) is 22.9 Å². The van der Waals surface area contributed by atoms with Gasteiger partial charge in [0.15, 0.2) is 11.2 Å². The number of aryl methyl sites for hydroxylation is 2. The van der Waals surface area contributed by atoms with Gasteiger partial charge in [-0.05, 0) is 84.6 Å². The molecule has 7 rings (SSSR count). The van der Waals surface area contributed by atoms with Crippen LogP contribution in [0.25, 0.3) is 45.1 Å². The molecule has 0 fully saturated rings. The summed E-state index contributed by atoms with van der Waals surface area (Å²) in [6.07, 6.45) is 3.70. The Hall–Kier alpha value is -5.62. The van der Waals surface area contributed by atoms with Crippen molar-refractivity contribution in [2.75, 3.05) is 0 Å². The Morgan fingerprint density at radius 1 is 0.524 bits per heavy atom. The summed E-state index contributed by atoms with van der Waals surface area (Å²) in [6, 6.07) is 35.8. The Morgan fingerprint density at radius 3 is 1.38 bits per heavy atom. The Morgan fingerprint density at radius 2 is 0.952 bits per heavy atom. The number of hydrogen-bond donors (Lipinski definition) is 0. The molecular formula is C36H26N4O2. The maximum atomic E-state index is 5.98. The minimum absolute atomic E-state index is 0.592. The lowest BCUT2D eigenvalue weighted by atomic mass is 10.1. The summed E-state index contributed by atoms with van der Waals surface area (Å²) in [6.45, 7) is 4.07. The van der Waals surface area contributed by atoms with Gasteiger partial charge in [0.2, 0.25) is 11.8 Å². The summed E-state index contributed by atoms with van der Waals surface area (Å²) in [4.78, 5) is 18.7. The number of oxazole rings is 2. The van der Waals surface area contributed by atoms with Crippen molar-refractivity contribution < 1.29 is 8.83 Å². The number of aliphatic imine (C=N–C) groups is 2. The SMILES string of the molecule is Cc1cccc2oc(-c3cccc(N=Cc4ccc(C=Nc5cccc(-c6nc7c(C)cccc7o6)c5)cc4)c3)nc12. The maximum Gasteiger partial charge on any atom is 0.227 e. The first-order valence-corrected chi connectivity index (χ1v) is 13.7. The molecule has 0 N–H and O–H groups in total. The number of para-hydroxylation sites is 2. The van der Waals surface area contributed by atoms with Gasteiger partial charge in [0.1, 0.15) is 11.0 Å². The average molecular weight is 547 g/mol. The highest BCUT2D eigenvalue weighted by Gasteiger charge is 2.11. The number of fused-ring (bicyclic) bond motifs is 2. The van der Waals surface area contributed by atoms with Crippen molar-refractivity contribution >= 4 is 46.0 Å². The van der Waals surface area contributed by atoms with Crippen molar-refractivity contribution in [2.24, 2.45) is 9.98 Å². The fourth-order valence-corrected chi connectivity index (χ4v) is 4.82. The van der Waals surface area contributed by atoms with Gasteiger partial charge in [-0.2, -0.15) is 0 Å². The fourth-order valence-electron chi connectivity index (χ4n) is 4.82. The molecule has 2 aromatic heterocycles. The van der Waals surface area contributed by atoms with Crippen LogP contribution in [-0.4, -0.2) is 22.4 Å². The largest absolute Gasteiger partial charge is 0.436 e. The molecule has 0 unspecified atom stereocenters. The van der Waals surface area contributed by atoms with Gasteiger partial charge in [-0.3, -0.25) is 9.98 Å². The topological polar surface area (TPSA) is 76.8 Å². The summed E-state index contributed by atoms with van der Waals surface area (Å²) in [5.74, 6) is 1.18. The van der Waals surface area contributed by atoms with Crippen LogP contribution in [0.2, 0.25) is 0 Å². The van der Waals surface area contributed by atoms with Crippen LogP contribution in [0, 0.1) is 13.8 Å². The Bertz CT molecular complexity index is 1960. The molecule has 6 heteroatoms. The van der Waals surface area contributed by atoms with Crippen molar-refractivity contribution in [3.63, 3.8) is 0 Å². The summed E-state index contributed by atoms with van der Waals surface area (Å²) in [5, 5.41) is 0. The molecule has 0 aliphatic rings. The van der Waals surface area contributed by atoms with Gasteiger partial charge < -0.3 is 8.83 Å². The molecule has 202 valence electrons. The lowest BCUT2D eigenvalue weighted by molar-refractivity contribution is 0.619. The van der Waals surface area contributed by atoms with Crippen LogP contribution in [-0.2, 0) is 0 Å². The molecule has 6 nitrogen and oxygen atoms in total. The van der Waals surface area contributed by atoms with E-state index in [1.807, 2.05) is 135 Å². The zero-order valence-corrected chi connectivity index (χ0v) is 23.2. The summed E-state index contributed by atoms with van der Waals surface area (Å²) >= 11 is 0. The second-order valence-electron chi connectivity index (χ2n) is 10.2. The van der Waals surface area contributed by atoms with Crippen LogP contribution < -0.4 is 0 Å². The van der Waals surface area contributed by atoms with Gasteiger partial charge >= 0.3 is 0 Å². The summed E-state index contributed by atoms with van der Waals surface area (Å²) < 4.78 is 12.0. The smallest absolute Gasteiger partial charge is 0.227 e. The Kier molecular flexibility index (Phi) is 6.49. The van der Waals surface area contributed by atoms with Gasteiger partial charge in [-0.25, -0.2) is 9.97 Å². The second-order valence-corrected chi connectivity index (χ2v) is 10.2. The van der Waals surface area contributed by atoms with E-state index in [9.17, 15) is 0 Å². The van der Waals surface area contributed by atoms with Crippen molar-refractivity contribution in [1.29, 1.82) is 0 Å². The van der Waals surface area contributed by atoms with Crippen LogP contribution >= 0.6 is 0 Å². The van der Waals surface area contributed by atoms with E-state index >= 15 is 0 Å². The lowest BCUT2D eigenvalue weighted by Gasteiger charge is -2.00. The zero-order chi connectivity index (χ0) is 28.5. The highest BCUT2D eigenvalue weighted by atomic mass is 16.4. The van der Waals surface area contributed by atoms with E-state index in [0.29, 0.717) is 11.8 Å². The Balaban J connectivity index is 1.05. The van der Waals surface area contributed by atoms with Crippen LogP contribution in [0.3, 0.4) is 0 Å². The van der Waals surface area contributed by atoms with E-state index in [1.165, 1.54) is 0 Å². The van der Waals surface area contributed by atoms with Crippen molar-refractivity contribution in [2.45, 2.75) is 13.8 Å². The number of nitrogens with zero attached hydrogens (tertiary/aromatic N) is 4. The van der Waals surface area contributed by atoms with Gasteiger partial charge in [0.25, 0.3) is 0 Å². The quantitative estimate of drug-likeness (QED) is 0.195. The Labute approximate surface area is 242 Å². The molecule has 0 saturated carbocycles. The second kappa shape index (κ2) is 10.7. The van der Waals surface area contributed by atoms with Crippen LogP contribution in [0.1, 0.15) is 22.3 Å².